The summed E-state index contributed by atoms with van der Waals surface area (Å²) in [5, 5.41) is 0. The highest BCUT2D eigenvalue weighted by molar-refractivity contribution is 5.88. The Kier molecular flexibility index (Phi) is 5.35. The molecule has 0 aliphatic carbocycles. The zero-order valence-corrected chi connectivity index (χ0v) is 13.4. The van der Waals surface area contributed by atoms with Gasteiger partial charge in [0, 0.05) is 24.8 Å². The Hall–Kier alpha value is -1.79. The molecule has 0 atom stereocenters. The van der Waals surface area contributed by atoms with Gasteiger partial charge in [0.2, 0.25) is 0 Å². The van der Waals surface area contributed by atoms with Crippen molar-refractivity contribution in [2.75, 3.05) is 44.3 Å². The summed E-state index contributed by atoms with van der Waals surface area (Å²) in [5.74, 6) is 0.827. The van der Waals surface area contributed by atoms with Crippen molar-refractivity contribution < 1.29 is 14.3 Å². The maximum atomic E-state index is 11.7. The van der Waals surface area contributed by atoms with E-state index in [-0.39, 0.29) is 6.09 Å². The van der Waals surface area contributed by atoms with E-state index in [4.69, 9.17) is 15.2 Å². The van der Waals surface area contributed by atoms with Gasteiger partial charge < -0.3 is 15.2 Å². The van der Waals surface area contributed by atoms with Crippen LogP contribution in [-0.4, -0.2) is 56.4 Å². The Morgan fingerprint density at radius 3 is 2.61 bits per heavy atom. The van der Waals surface area contributed by atoms with Gasteiger partial charge in [0.25, 0.3) is 0 Å². The number of hydrogen-bond donors (Lipinski definition) is 1. The van der Waals surface area contributed by atoms with Crippen LogP contribution in [0.15, 0.2) is 24.3 Å². The standard InChI is InChI=1S/C17H25N3O3/c18-14-6-9-19(10-7-14)11-13-22-16-4-2-15(3-5-16)20-8-1-12-23-17(20)21/h2-5,14H,1,6-13,18H2. The van der Waals surface area contributed by atoms with Crippen LogP contribution >= 0.6 is 0 Å². The van der Waals surface area contributed by atoms with Crippen LogP contribution in [0.3, 0.4) is 0 Å². The average molecular weight is 319 g/mol. The number of cyclic esters (lactones) is 1. The van der Waals surface area contributed by atoms with E-state index in [0.717, 1.165) is 50.3 Å². The van der Waals surface area contributed by atoms with Gasteiger partial charge in [0.15, 0.2) is 0 Å². The third-order valence-electron chi connectivity index (χ3n) is 4.43. The summed E-state index contributed by atoms with van der Waals surface area (Å²) in [6, 6.07) is 7.98. The number of ether oxygens (including phenoxy) is 2. The van der Waals surface area contributed by atoms with Gasteiger partial charge in [0.05, 0.1) is 6.61 Å². The molecule has 6 heteroatoms. The van der Waals surface area contributed by atoms with Crippen LogP contribution in [0.4, 0.5) is 10.5 Å². The van der Waals surface area contributed by atoms with Crippen molar-refractivity contribution in [3.8, 4) is 5.75 Å². The molecule has 0 bridgehead atoms. The van der Waals surface area contributed by atoms with Gasteiger partial charge in [-0.05, 0) is 56.6 Å². The van der Waals surface area contributed by atoms with Gasteiger partial charge >= 0.3 is 6.09 Å². The summed E-state index contributed by atoms with van der Waals surface area (Å²) in [6.07, 6.45) is 2.73. The van der Waals surface area contributed by atoms with E-state index in [9.17, 15) is 4.79 Å². The fourth-order valence-electron chi connectivity index (χ4n) is 2.98. The van der Waals surface area contributed by atoms with Crippen LogP contribution in [0, 0.1) is 0 Å². The third kappa shape index (κ3) is 4.36. The second-order valence-corrected chi connectivity index (χ2v) is 6.14. The van der Waals surface area contributed by atoms with Crippen molar-refractivity contribution in [3.63, 3.8) is 0 Å². The average Bonchev–Trinajstić information content (AvgIpc) is 2.58. The summed E-state index contributed by atoms with van der Waals surface area (Å²) in [5.41, 5.74) is 6.76. The molecule has 0 aromatic heterocycles. The van der Waals surface area contributed by atoms with E-state index in [0.29, 0.717) is 25.8 Å². The molecule has 0 saturated carbocycles. The Bertz CT molecular complexity index is 512. The SMILES string of the molecule is NC1CCN(CCOc2ccc(N3CCCOC3=O)cc2)CC1. The summed E-state index contributed by atoms with van der Waals surface area (Å²) in [7, 11) is 0. The Labute approximate surface area is 137 Å². The molecule has 2 aliphatic heterocycles. The largest absolute Gasteiger partial charge is 0.492 e. The lowest BCUT2D eigenvalue weighted by Gasteiger charge is -2.29. The molecule has 1 aromatic carbocycles. The zero-order chi connectivity index (χ0) is 16.1. The second-order valence-electron chi connectivity index (χ2n) is 6.14. The van der Waals surface area contributed by atoms with Gasteiger partial charge in [-0.15, -0.1) is 0 Å². The van der Waals surface area contributed by atoms with Gasteiger partial charge in [-0.25, -0.2) is 4.79 Å². The molecule has 2 N–H and O–H groups in total. The summed E-state index contributed by atoms with van der Waals surface area (Å²) >= 11 is 0. The number of piperidine rings is 1. The number of benzene rings is 1. The molecule has 23 heavy (non-hydrogen) atoms. The number of carbonyl (C=O) groups is 1. The summed E-state index contributed by atoms with van der Waals surface area (Å²) < 4.78 is 10.9. The van der Waals surface area contributed by atoms with E-state index in [2.05, 4.69) is 4.90 Å². The zero-order valence-electron chi connectivity index (χ0n) is 13.4. The topological polar surface area (TPSA) is 68.0 Å². The number of hydrogen-bond acceptors (Lipinski definition) is 5. The first kappa shape index (κ1) is 16.1. The van der Waals surface area contributed by atoms with Crippen molar-refractivity contribution >= 4 is 11.8 Å². The number of likely N-dealkylation sites (tertiary alicyclic amines) is 1. The molecule has 2 aliphatic rings. The maximum Gasteiger partial charge on any atom is 0.414 e. The minimum Gasteiger partial charge on any atom is -0.492 e. The molecule has 6 nitrogen and oxygen atoms in total. The van der Waals surface area contributed by atoms with Crippen molar-refractivity contribution in [2.45, 2.75) is 25.3 Å². The summed E-state index contributed by atoms with van der Waals surface area (Å²) in [6.45, 7) is 4.92. The Balaban J connectivity index is 1.45. The lowest BCUT2D eigenvalue weighted by atomic mass is 10.1. The monoisotopic (exact) mass is 319 g/mol. The predicted octanol–water partition coefficient (Wildman–Crippen LogP) is 1.84. The lowest BCUT2D eigenvalue weighted by molar-refractivity contribution is 0.140. The number of rotatable bonds is 5. The molecule has 2 saturated heterocycles. The Morgan fingerprint density at radius 1 is 1.17 bits per heavy atom. The molecular formula is C17H25N3O3. The van der Waals surface area contributed by atoms with Crippen molar-refractivity contribution in [3.05, 3.63) is 24.3 Å². The summed E-state index contributed by atoms with van der Waals surface area (Å²) in [4.78, 5) is 15.8. The third-order valence-corrected chi connectivity index (χ3v) is 4.43. The molecule has 1 aromatic rings. The number of amides is 1. The number of anilines is 1. The van der Waals surface area contributed by atoms with Gasteiger partial charge in [-0.1, -0.05) is 0 Å². The number of carbonyl (C=O) groups excluding carboxylic acids is 1. The normalized spacial score (nSPS) is 20.4. The van der Waals surface area contributed by atoms with Crippen LogP contribution in [0.1, 0.15) is 19.3 Å². The molecule has 126 valence electrons. The van der Waals surface area contributed by atoms with Crippen molar-refractivity contribution in [2.24, 2.45) is 5.73 Å². The van der Waals surface area contributed by atoms with Crippen molar-refractivity contribution in [1.82, 2.24) is 4.90 Å². The molecule has 0 spiro atoms. The molecular weight excluding hydrogens is 294 g/mol. The maximum absolute atomic E-state index is 11.7. The van der Waals surface area contributed by atoms with Crippen molar-refractivity contribution in [1.29, 1.82) is 0 Å². The first-order valence-electron chi connectivity index (χ1n) is 8.37. The smallest absolute Gasteiger partial charge is 0.414 e. The van der Waals surface area contributed by atoms with Crippen LogP contribution in [0.2, 0.25) is 0 Å². The van der Waals surface area contributed by atoms with Crippen LogP contribution in [-0.2, 0) is 4.74 Å². The molecule has 2 fully saturated rings. The highest BCUT2D eigenvalue weighted by atomic mass is 16.6. The highest BCUT2D eigenvalue weighted by Gasteiger charge is 2.21. The first-order chi connectivity index (χ1) is 11.2. The lowest BCUT2D eigenvalue weighted by Crippen LogP contribution is -2.41. The second kappa shape index (κ2) is 7.66. The predicted molar refractivity (Wildman–Crippen MR) is 88.9 cm³/mol. The van der Waals surface area contributed by atoms with Crippen LogP contribution in [0.5, 0.6) is 5.75 Å². The van der Waals surface area contributed by atoms with Crippen LogP contribution < -0.4 is 15.4 Å². The van der Waals surface area contributed by atoms with Gasteiger partial charge in [0.1, 0.15) is 12.4 Å². The minimum absolute atomic E-state index is 0.270. The first-order valence-corrected chi connectivity index (χ1v) is 8.37. The van der Waals surface area contributed by atoms with E-state index < -0.39 is 0 Å². The van der Waals surface area contributed by atoms with Gasteiger partial charge in [-0.3, -0.25) is 9.80 Å². The number of nitrogens with zero attached hydrogens (tertiary/aromatic N) is 2. The molecule has 0 unspecified atom stereocenters. The van der Waals surface area contributed by atoms with E-state index in [1.165, 1.54) is 0 Å². The van der Waals surface area contributed by atoms with Gasteiger partial charge in [-0.2, -0.15) is 0 Å². The van der Waals surface area contributed by atoms with E-state index >= 15 is 0 Å². The van der Waals surface area contributed by atoms with E-state index in [1.807, 2.05) is 24.3 Å². The molecule has 0 radical (unpaired) electrons. The Morgan fingerprint density at radius 2 is 1.91 bits per heavy atom. The van der Waals surface area contributed by atoms with E-state index in [1.54, 1.807) is 4.90 Å². The quantitative estimate of drug-likeness (QED) is 0.897. The minimum atomic E-state index is -0.270. The molecule has 1 amide bonds. The molecule has 2 heterocycles. The highest BCUT2D eigenvalue weighted by Crippen LogP contribution is 2.22. The van der Waals surface area contributed by atoms with Crippen LogP contribution in [0.25, 0.3) is 0 Å². The molecule has 3 rings (SSSR count). The number of nitrogens with two attached hydrogens (primary N) is 1. The fourth-order valence-corrected chi connectivity index (χ4v) is 2.98. The fraction of sp³-hybridized carbons (Fsp3) is 0.588.